The van der Waals surface area contributed by atoms with Crippen molar-refractivity contribution < 1.29 is 14.6 Å². The Labute approximate surface area is 73.7 Å². The summed E-state index contributed by atoms with van der Waals surface area (Å²) in [5.74, 6) is 0.628. The number of methoxy groups -OCH3 is 1. The van der Waals surface area contributed by atoms with Crippen LogP contribution in [0.1, 0.15) is 25.7 Å². The predicted molar refractivity (Wildman–Crippen MR) is 45.8 cm³/mol. The summed E-state index contributed by atoms with van der Waals surface area (Å²) < 4.78 is 10.0. The summed E-state index contributed by atoms with van der Waals surface area (Å²) in [5.41, 5.74) is 0. The molecule has 0 heterocycles. The van der Waals surface area contributed by atoms with Gasteiger partial charge in [0.1, 0.15) is 6.79 Å². The van der Waals surface area contributed by atoms with Crippen LogP contribution in [0.5, 0.6) is 0 Å². The van der Waals surface area contributed by atoms with Gasteiger partial charge in [0.15, 0.2) is 0 Å². The lowest BCUT2D eigenvalue weighted by Crippen LogP contribution is -2.21. The number of aliphatic hydroxyl groups is 1. The Hall–Kier alpha value is -0.120. The number of ether oxygens (including phenoxy) is 2. The monoisotopic (exact) mass is 174 g/mol. The molecule has 1 fully saturated rings. The molecular formula is C9H18O3. The quantitative estimate of drug-likeness (QED) is 0.513. The zero-order chi connectivity index (χ0) is 8.81. The molecule has 0 aromatic rings. The summed E-state index contributed by atoms with van der Waals surface area (Å²) >= 11 is 0. The first-order valence-corrected chi connectivity index (χ1v) is 4.57. The standard InChI is InChI=1S/C9H18O3/c1-11-7-12-6-8-2-4-9(10)5-3-8/h8-10H,2-7H2,1H3. The van der Waals surface area contributed by atoms with Crippen LogP contribution in [0.4, 0.5) is 0 Å². The molecule has 0 atom stereocenters. The van der Waals surface area contributed by atoms with Crippen molar-refractivity contribution in [1.29, 1.82) is 0 Å². The second kappa shape index (κ2) is 5.51. The Balaban J connectivity index is 2.01. The minimum absolute atomic E-state index is 0.0660. The number of aliphatic hydroxyl groups excluding tert-OH is 1. The van der Waals surface area contributed by atoms with E-state index in [0.717, 1.165) is 32.3 Å². The van der Waals surface area contributed by atoms with Gasteiger partial charge in [-0.05, 0) is 31.6 Å². The van der Waals surface area contributed by atoms with E-state index in [1.54, 1.807) is 7.11 Å². The predicted octanol–water partition coefficient (Wildman–Crippen LogP) is 1.16. The summed E-state index contributed by atoms with van der Waals surface area (Å²) in [6.07, 6.45) is 3.97. The molecule has 0 saturated heterocycles. The molecular weight excluding hydrogens is 156 g/mol. The second-order valence-corrected chi connectivity index (χ2v) is 3.45. The lowest BCUT2D eigenvalue weighted by atomic mass is 9.88. The fraction of sp³-hybridized carbons (Fsp3) is 1.00. The van der Waals surface area contributed by atoms with Crippen LogP contribution in [0.15, 0.2) is 0 Å². The highest BCUT2D eigenvalue weighted by Gasteiger charge is 2.18. The third kappa shape index (κ3) is 3.52. The normalized spacial score (nSPS) is 30.5. The minimum atomic E-state index is -0.0660. The van der Waals surface area contributed by atoms with E-state index < -0.39 is 0 Å². The molecule has 0 aliphatic heterocycles. The molecule has 1 aliphatic rings. The first-order chi connectivity index (χ1) is 5.83. The number of hydrogen-bond donors (Lipinski definition) is 1. The van der Waals surface area contributed by atoms with E-state index in [1.165, 1.54) is 0 Å². The highest BCUT2D eigenvalue weighted by atomic mass is 16.7. The van der Waals surface area contributed by atoms with Crippen molar-refractivity contribution in [2.45, 2.75) is 31.8 Å². The van der Waals surface area contributed by atoms with Gasteiger partial charge in [-0.15, -0.1) is 0 Å². The van der Waals surface area contributed by atoms with Crippen LogP contribution in [0.2, 0.25) is 0 Å². The Morgan fingerprint density at radius 2 is 1.92 bits per heavy atom. The van der Waals surface area contributed by atoms with Crippen LogP contribution in [0.25, 0.3) is 0 Å². The number of rotatable bonds is 4. The second-order valence-electron chi connectivity index (χ2n) is 3.45. The van der Waals surface area contributed by atoms with Crippen LogP contribution >= 0.6 is 0 Å². The van der Waals surface area contributed by atoms with Gasteiger partial charge in [0, 0.05) is 7.11 Å². The van der Waals surface area contributed by atoms with E-state index >= 15 is 0 Å². The molecule has 0 aromatic carbocycles. The molecule has 1 N–H and O–H groups in total. The number of hydrogen-bond acceptors (Lipinski definition) is 3. The van der Waals surface area contributed by atoms with Crippen molar-refractivity contribution in [2.75, 3.05) is 20.5 Å². The van der Waals surface area contributed by atoms with Crippen molar-refractivity contribution in [3.05, 3.63) is 0 Å². The molecule has 12 heavy (non-hydrogen) atoms. The lowest BCUT2D eigenvalue weighted by molar-refractivity contribution is -0.0512. The minimum Gasteiger partial charge on any atom is -0.393 e. The van der Waals surface area contributed by atoms with E-state index in [0.29, 0.717) is 12.7 Å². The Bertz CT molecular complexity index is 108. The first-order valence-electron chi connectivity index (χ1n) is 4.57. The van der Waals surface area contributed by atoms with Crippen molar-refractivity contribution >= 4 is 0 Å². The van der Waals surface area contributed by atoms with Gasteiger partial charge >= 0.3 is 0 Å². The highest BCUT2D eigenvalue weighted by molar-refractivity contribution is 4.70. The SMILES string of the molecule is COCOCC1CCC(O)CC1. The van der Waals surface area contributed by atoms with Gasteiger partial charge in [-0.25, -0.2) is 0 Å². The molecule has 3 nitrogen and oxygen atoms in total. The van der Waals surface area contributed by atoms with Gasteiger partial charge in [-0.3, -0.25) is 0 Å². The van der Waals surface area contributed by atoms with E-state index in [9.17, 15) is 5.11 Å². The molecule has 0 amide bonds. The maximum atomic E-state index is 9.23. The molecule has 0 aromatic heterocycles. The van der Waals surface area contributed by atoms with Gasteiger partial charge in [-0.1, -0.05) is 0 Å². The third-order valence-electron chi connectivity index (χ3n) is 2.37. The first kappa shape index (κ1) is 9.96. The van der Waals surface area contributed by atoms with E-state index in [-0.39, 0.29) is 6.10 Å². The molecule has 1 saturated carbocycles. The van der Waals surface area contributed by atoms with Gasteiger partial charge in [0.2, 0.25) is 0 Å². The maximum Gasteiger partial charge on any atom is 0.146 e. The summed E-state index contributed by atoms with van der Waals surface area (Å²) in [6, 6.07) is 0. The summed E-state index contributed by atoms with van der Waals surface area (Å²) in [4.78, 5) is 0. The van der Waals surface area contributed by atoms with Gasteiger partial charge in [0.05, 0.1) is 12.7 Å². The molecule has 72 valence electrons. The lowest BCUT2D eigenvalue weighted by Gasteiger charge is -2.24. The van der Waals surface area contributed by atoms with Crippen LogP contribution in [0.3, 0.4) is 0 Å². The molecule has 1 aliphatic carbocycles. The van der Waals surface area contributed by atoms with Crippen molar-refractivity contribution in [1.82, 2.24) is 0 Å². The summed E-state index contributed by atoms with van der Waals surface area (Å²) in [7, 11) is 1.63. The van der Waals surface area contributed by atoms with Gasteiger partial charge < -0.3 is 14.6 Å². The zero-order valence-electron chi connectivity index (χ0n) is 7.66. The summed E-state index contributed by atoms with van der Waals surface area (Å²) in [5, 5.41) is 9.23. The molecule has 0 bridgehead atoms. The molecule has 3 heteroatoms. The molecule has 0 unspecified atom stereocenters. The Kier molecular flexibility index (Phi) is 4.58. The van der Waals surface area contributed by atoms with Crippen LogP contribution < -0.4 is 0 Å². The smallest absolute Gasteiger partial charge is 0.146 e. The largest absolute Gasteiger partial charge is 0.393 e. The average Bonchev–Trinajstić information content (AvgIpc) is 2.09. The van der Waals surface area contributed by atoms with Crippen molar-refractivity contribution in [2.24, 2.45) is 5.92 Å². The maximum absolute atomic E-state index is 9.23. The third-order valence-corrected chi connectivity index (χ3v) is 2.37. The van der Waals surface area contributed by atoms with Crippen LogP contribution in [-0.4, -0.2) is 31.7 Å². The topological polar surface area (TPSA) is 38.7 Å². The Morgan fingerprint density at radius 1 is 1.25 bits per heavy atom. The van der Waals surface area contributed by atoms with E-state index in [4.69, 9.17) is 9.47 Å². The Morgan fingerprint density at radius 3 is 2.50 bits per heavy atom. The fourth-order valence-corrected chi connectivity index (χ4v) is 1.61. The molecule has 0 radical (unpaired) electrons. The van der Waals surface area contributed by atoms with Crippen LogP contribution in [-0.2, 0) is 9.47 Å². The van der Waals surface area contributed by atoms with Crippen molar-refractivity contribution in [3.63, 3.8) is 0 Å². The molecule has 0 spiro atoms. The van der Waals surface area contributed by atoms with Crippen molar-refractivity contribution in [3.8, 4) is 0 Å². The van der Waals surface area contributed by atoms with E-state index in [2.05, 4.69) is 0 Å². The zero-order valence-corrected chi connectivity index (χ0v) is 7.66. The van der Waals surface area contributed by atoms with Gasteiger partial charge in [-0.2, -0.15) is 0 Å². The van der Waals surface area contributed by atoms with Crippen LogP contribution in [0, 0.1) is 5.92 Å². The molecule has 1 rings (SSSR count). The fourth-order valence-electron chi connectivity index (χ4n) is 1.61. The van der Waals surface area contributed by atoms with E-state index in [1.807, 2.05) is 0 Å². The highest BCUT2D eigenvalue weighted by Crippen LogP contribution is 2.24. The summed E-state index contributed by atoms with van der Waals surface area (Å²) in [6.45, 7) is 1.17. The van der Waals surface area contributed by atoms with Gasteiger partial charge in [0.25, 0.3) is 0 Å². The average molecular weight is 174 g/mol.